The van der Waals surface area contributed by atoms with Crippen molar-refractivity contribution in [1.82, 2.24) is 4.90 Å². The first-order valence-corrected chi connectivity index (χ1v) is 12.2. The maximum Gasteiger partial charge on any atom is 0.235 e. The lowest BCUT2D eigenvalue weighted by Gasteiger charge is -2.36. The van der Waals surface area contributed by atoms with Gasteiger partial charge in [0.15, 0.2) is 0 Å². The van der Waals surface area contributed by atoms with Gasteiger partial charge in [-0.2, -0.15) is 0 Å². The molecule has 2 aliphatic rings. The zero-order chi connectivity index (χ0) is 22.9. The summed E-state index contributed by atoms with van der Waals surface area (Å²) in [5, 5.41) is 4.25. The van der Waals surface area contributed by atoms with Crippen LogP contribution in [0.15, 0.2) is 30.3 Å². The lowest BCUT2D eigenvalue weighted by molar-refractivity contribution is -0.121. The second-order valence-corrected chi connectivity index (χ2v) is 9.83. The number of hydrogen-bond acceptors (Lipinski definition) is 3. The molecular formula is C24H28Cl4FN3O. The monoisotopic (exact) mass is 533 g/mol. The topological polar surface area (TPSA) is 35.6 Å². The van der Waals surface area contributed by atoms with Crippen LogP contribution < -0.4 is 10.2 Å². The predicted octanol–water partition coefficient (Wildman–Crippen LogP) is 6.80. The first-order valence-electron chi connectivity index (χ1n) is 11.1. The van der Waals surface area contributed by atoms with Crippen molar-refractivity contribution in [3.63, 3.8) is 0 Å². The van der Waals surface area contributed by atoms with Crippen LogP contribution >= 0.6 is 47.2 Å². The smallest absolute Gasteiger partial charge is 0.235 e. The van der Waals surface area contributed by atoms with Gasteiger partial charge in [-0.15, -0.1) is 12.4 Å². The number of halogens is 5. The summed E-state index contributed by atoms with van der Waals surface area (Å²) < 4.78 is 13.8. The molecule has 0 saturated carbocycles. The first-order chi connectivity index (χ1) is 15.3. The third-order valence-electron chi connectivity index (χ3n) is 6.81. The molecule has 0 aliphatic carbocycles. The molecule has 2 aliphatic heterocycles. The van der Waals surface area contributed by atoms with Crippen molar-refractivity contribution in [2.45, 2.75) is 38.0 Å². The number of hydrogen-bond donors (Lipinski definition) is 1. The number of carbonyl (C=O) groups excluding carboxylic acids is 1. The molecule has 0 aromatic heterocycles. The summed E-state index contributed by atoms with van der Waals surface area (Å²) >= 11 is 18.4. The lowest BCUT2D eigenvalue weighted by Crippen LogP contribution is -2.46. The molecule has 0 bridgehead atoms. The molecule has 1 atom stereocenters. The van der Waals surface area contributed by atoms with E-state index in [-0.39, 0.29) is 23.3 Å². The Morgan fingerprint density at radius 2 is 1.76 bits per heavy atom. The summed E-state index contributed by atoms with van der Waals surface area (Å²) in [6.45, 7) is 6.76. The third kappa shape index (κ3) is 5.38. The SMILES string of the molecule is CCC1(CCCCN2CCN(c3ccc(Cl)cc3Cl)CC2)C(=O)Nc2cc(F)c(Cl)cc21.Cl. The van der Waals surface area contributed by atoms with Crippen molar-refractivity contribution < 1.29 is 9.18 Å². The lowest BCUT2D eigenvalue weighted by atomic mass is 9.75. The van der Waals surface area contributed by atoms with Gasteiger partial charge >= 0.3 is 0 Å². The number of unbranched alkanes of at least 4 members (excludes halogenated alkanes) is 1. The highest BCUT2D eigenvalue weighted by Crippen LogP contribution is 2.45. The second-order valence-electron chi connectivity index (χ2n) is 8.58. The molecule has 33 heavy (non-hydrogen) atoms. The van der Waals surface area contributed by atoms with Crippen LogP contribution in [0.2, 0.25) is 15.1 Å². The van der Waals surface area contributed by atoms with Crippen LogP contribution in [0.3, 0.4) is 0 Å². The zero-order valence-electron chi connectivity index (χ0n) is 18.5. The van der Waals surface area contributed by atoms with E-state index in [1.54, 1.807) is 12.1 Å². The molecular weight excluding hydrogens is 507 g/mol. The highest BCUT2D eigenvalue weighted by atomic mass is 35.5. The van der Waals surface area contributed by atoms with E-state index in [9.17, 15) is 9.18 Å². The van der Waals surface area contributed by atoms with Crippen molar-refractivity contribution in [3.8, 4) is 0 Å². The van der Waals surface area contributed by atoms with Crippen LogP contribution in [0.5, 0.6) is 0 Å². The maximum atomic E-state index is 13.8. The zero-order valence-corrected chi connectivity index (χ0v) is 21.6. The minimum absolute atomic E-state index is 0. The van der Waals surface area contributed by atoms with Crippen molar-refractivity contribution in [2.24, 2.45) is 0 Å². The Balaban J connectivity index is 0.00000306. The molecule has 4 nitrogen and oxygen atoms in total. The molecule has 180 valence electrons. The molecule has 2 aromatic carbocycles. The number of nitrogens with zero attached hydrogens (tertiary/aromatic N) is 2. The van der Waals surface area contributed by atoms with E-state index in [0.717, 1.165) is 63.2 Å². The summed E-state index contributed by atoms with van der Waals surface area (Å²) in [6, 6.07) is 8.59. The van der Waals surface area contributed by atoms with Gasteiger partial charge in [-0.3, -0.25) is 9.69 Å². The predicted molar refractivity (Wildman–Crippen MR) is 138 cm³/mol. The van der Waals surface area contributed by atoms with Crippen molar-refractivity contribution in [2.75, 3.05) is 42.9 Å². The van der Waals surface area contributed by atoms with Gasteiger partial charge in [0.2, 0.25) is 5.91 Å². The molecule has 2 aromatic rings. The molecule has 1 N–H and O–H groups in total. The molecule has 1 unspecified atom stereocenters. The van der Waals surface area contributed by atoms with Crippen molar-refractivity contribution in [1.29, 1.82) is 0 Å². The number of piperazine rings is 1. The van der Waals surface area contributed by atoms with Crippen LogP contribution in [0, 0.1) is 5.82 Å². The Hall–Kier alpha value is -1.24. The van der Waals surface area contributed by atoms with E-state index in [1.165, 1.54) is 6.07 Å². The Labute approximate surface area is 215 Å². The summed E-state index contributed by atoms with van der Waals surface area (Å²) in [6.07, 6.45) is 3.30. The van der Waals surface area contributed by atoms with Crippen LogP contribution in [0.4, 0.5) is 15.8 Å². The van der Waals surface area contributed by atoms with Gasteiger partial charge in [0.1, 0.15) is 5.82 Å². The standard InChI is InChI=1S/C24H27Cl3FN3O.ClH/c1-2-24(17-14-18(26)20(28)15-21(17)29-23(24)32)7-3-4-8-30-9-11-31(12-10-30)22-6-5-16(25)13-19(22)27;/h5-6,13-15H,2-4,7-12H2,1H3,(H,29,32);1H. The van der Waals surface area contributed by atoms with Gasteiger partial charge in [-0.25, -0.2) is 4.39 Å². The largest absolute Gasteiger partial charge is 0.368 e. The average molecular weight is 535 g/mol. The van der Waals surface area contributed by atoms with Crippen molar-refractivity contribution in [3.05, 3.63) is 56.8 Å². The Kier molecular flexibility index (Phi) is 8.79. The summed E-state index contributed by atoms with van der Waals surface area (Å²) in [4.78, 5) is 17.6. The fourth-order valence-corrected chi connectivity index (χ4v) is 5.59. The van der Waals surface area contributed by atoms with Gasteiger partial charge in [0.25, 0.3) is 0 Å². The highest BCUT2D eigenvalue weighted by Gasteiger charge is 2.45. The molecule has 1 amide bonds. The number of fused-ring (bicyclic) bond motifs is 1. The number of nitrogens with one attached hydrogen (secondary N) is 1. The number of anilines is 2. The van der Waals surface area contributed by atoms with E-state index in [0.29, 0.717) is 22.2 Å². The minimum atomic E-state index is -0.628. The normalized spacial score (nSPS) is 20.4. The van der Waals surface area contributed by atoms with Crippen LogP contribution in [-0.2, 0) is 10.2 Å². The van der Waals surface area contributed by atoms with Gasteiger partial charge in [-0.05, 0) is 61.7 Å². The molecule has 0 spiro atoms. The van der Waals surface area contributed by atoms with E-state index in [4.69, 9.17) is 34.8 Å². The average Bonchev–Trinajstić information content (AvgIpc) is 3.03. The Bertz CT molecular complexity index is 1010. The molecule has 4 rings (SSSR count). The summed E-state index contributed by atoms with van der Waals surface area (Å²) in [7, 11) is 0. The molecule has 2 heterocycles. The van der Waals surface area contributed by atoms with Gasteiger partial charge in [-0.1, -0.05) is 48.1 Å². The molecule has 9 heteroatoms. The highest BCUT2D eigenvalue weighted by molar-refractivity contribution is 6.36. The third-order valence-corrected chi connectivity index (χ3v) is 7.64. The van der Waals surface area contributed by atoms with Gasteiger partial charge in [0, 0.05) is 36.9 Å². The first kappa shape index (κ1) is 26.4. The number of benzene rings is 2. The number of rotatable bonds is 7. The van der Waals surface area contributed by atoms with Crippen LogP contribution in [0.25, 0.3) is 0 Å². The fourth-order valence-electron chi connectivity index (χ4n) is 4.90. The van der Waals surface area contributed by atoms with Gasteiger partial charge < -0.3 is 10.2 Å². The molecule has 1 fully saturated rings. The van der Waals surface area contributed by atoms with E-state index >= 15 is 0 Å². The Morgan fingerprint density at radius 1 is 1.03 bits per heavy atom. The van der Waals surface area contributed by atoms with Crippen LogP contribution in [-0.4, -0.2) is 43.5 Å². The van der Waals surface area contributed by atoms with E-state index in [1.807, 2.05) is 19.1 Å². The minimum Gasteiger partial charge on any atom is -0.368 e. The fraction of sp³-hybridized carbons (Fsp3) is 0.458. The number of amides is 1. The number of carbonyl (C=O) groups is 1. The molecule has 1 saturated heterocycles. The van der Waals surface area contributed by atoms with Crippen molar-refractivity contribution >= 4 is 64.5 Å². The quantitative estimate of drug-likeness (QED) is 0.397. The second kappa shape index (κ2) is 11.0. The summed E-state index contributed by atoms with van der Waals surface area (Å²) in [5.41, 5.74) is 1.78. The maximum absolute atomic E-state index is 13.8. The van der Waals surface area contributed by atoms with Gasteiger partial charge in [0.05, 0.1) is 21.1 Å². The van der Waals surface area contributed by atoms with E-state index in [2.05, 4.69) is 15.1 Å². The van der Waals surface area contributed by atoms with Crippen LogP contribution in [0.1, 0.15) is 38.2 Å². The Morgan fingerprint density at radius 3 is 2.42 bits per heavy atom. The summed E-state index contributed by atoms with van der Waals surface area (Å²) in [5.74, 6) is -0.554. The van der Waals surface area contributed by atoms with E-state index < -0.39 is 11.2 Å². The molecule has 0 radical (unpaired) electrons.